The summed E-state index contributed by atoms with van der Waals surface area (Å²) in [6.45, 7) is 10.7. The van der Waals surface area contributed by atoms with Crippen LogP contribution in [0.5, 0.6) is 0 Å². The molecule has 0 bridgehead atoms. The Balaban J connectivity index is 1.77. The molecule has 0 saturated heterocycles. The minimum Gasteiger partial charge on any atom is -0.325 e. The van der Waals surface area contributed by atoms with Crippen LogP contribution >= 0.6 is 11.8 Å². The molecule has 0 radical (unpaired) electrons. The summed E-state index contributed by atoms with van der Waals surface area (Å²) in [6, 6.07) is 7.97. The van der Waals surface area contributed by atoms with Crippen LogP contribution in [0, 0.1) is 20.8 Å². The van der Waals surface area contributed by atoms with E-state index >= 15 is 0 Å². The molecule has 28 heavy (non-hydrogen) atoms. The SMILES string of the molecule is CCn1c(S[C@H](C)C(=O)Nc2c(C)cc(C)cc2C)nnc1-c1ccncc1. The summed E-state index contributed by atoms with van der Waals surface area (Å²) in [5.41, 5.74) is 5.17. The molecule has 0 fully saturated rings. The Kier molecular flexibility index (Phi) is 6.14. The van der Waals surface area contributed by atoms with Crippen LogP contribution in [0.15, 0.2) is 41.8 Å². The van der Waals surface area contributed by atoms with E-state index in [0.717, 1.165) is 39.9 Å². The number of carbonyl (C=O) groups excluding carboxylic acids is 1. The predicted octanol–water partition coefficient (Wildman–Crippen LogP) is 4.40. The molecule has 0 spiro atoms. The molecule has 6 nitrogen and oxygen atoms in total. The summed E-state index contributed by atoms with van der Waals surface area (Å²) in [5, 5.41) is 12.1. The zero-order valence-electron chi connectivity index (χ0n) is 16.9. The van der Waals surface area contributed by atoms with Gasteiger partial charge in [0.1, 0.15) is 0 Å². The van der Waals surface area contributed by atoms with Gasteiger partial charge >= 0.3 is 0 Å². The van der Waals surface area contributed by atoms with Crippen molar-refractivity contribution < 1.29 is 4.79 Å². The molecule has 7 heteroatoms. The number of aryl methyl sites for hydroxylation is 3. The van der Waals surface area contributed by atoms with E-state index in [-0.39, 0.29) is 11.2 Å². The molecule has 146 valence electrons. The van der Waals surface area contributed by atoms with E-state index in [4.69, 9.17) is 0 Å². The van der Waals surface area contributed by atoms with Gasteiger partial charge < -0.3 is 9.88 Å². The molecule has 1 N–H and O–H groups in total. The van der Waals surface area contributed by atoms with Crippen molar-refractivity contribution in [1.29, 1.82) is 0 Å². The summed E-state index contributed by atoms with van der Waals surface area (Å²) in [7, 11) is 0. The fourth-order valence-corrected chi connectivity index (χ4v) is 4.10. The van der Waals surface area contributed by atoms with Gasteiger partial charge in [-0.05, 0) is 57.9 Å². The fourth-order valence-electron chi connectivity index (χ4n) is 3.19. The Morgan fingerprint density at radius 2 is 1.79 bits per heavy atom. The minimum atomic E-state index is -0.306. The second-order valence-electron chi connectivity index (χ2n) is 6.81. The highest BCUT2D eigenvalue weighted by Gasteiger charge is 2.21. The zero-order valence-corrected chi connectivity index (χ0v) is 17.7. The third-order valence-corrected chi connectivity index (χ3v) is 5.63. The molecule has 1 amide bonds. The normalized spacial score (nSPS) is 12.0. The third-order valence-electron chi connectivity index (χ3n) is 4.55. The third kappa shape index (κ3) is 4.25. The summed E-state index contributed by atoms with van der Waals surface area (Å²) in [4.78, 5) is 16.8. The number of nitrogens with zero attached hydrogens (tertiary/aromatic N) is 4. The lowest BCUT2D eigenvalue weighted by Gasteiger charge is -2.16. The zero-order chi connectivity index (χ0) is 20.3. The molecule has 0 saturated carbocycles. The van der Waals surface area contributed by atoms with Gasteiger partial charge in [-0.25, -0.2) is 0 Å². The molecule has 0 aliphatic carbocycles. The van der Waals surface area contributed by atoms with E-state index in [1.54, 1.807) is 12.4 Å². The van der Waals surface area contributed by atoms with E-state index < -0.39 is 0 Å². The maximum absolute atomic E-state index is 12.8. The quantitative estimate of drug-likeness (QED) is 0.626. The molecule has 2 aromatic heterocycles. The molecule has 0 aliphatic heterocycles. The highest BCUT2D eigenvalue weighted by molar-refractivity contribution is 8.00. The van der Waals surface area contributed by atoms with Crippen molar-refractivity contribution in [3.8, 4) is 11.4 Å². The van der Waals surface area contributed by atoms with Gasteiger partial charge in [0.15, 0.2) is 11.0 Å². The number of carbonyl (C=O) groups is 1. The van der Waals surface area contributed by atoms with E-state index in [1.807, 2.05) is 44.4 Å². The van der Waals surface area contributed by atoms with Crippen LogP contribution in [0.4, 0.5) is 5.69 Å². The Bertz CT molecular complexity index is 961. The van der Waals surface area contributed by atoms with Crippen molar-refractivity contribution in [3.63, 3.8) is 0 Å². The average Bonchev–Trinajstić information content (AvgIpc) is 3.07. The summed E-state index contributed by atoms with van der Waals surface area (Å²) < 4.78 is 2.02. The van der Waals surface area contributed by atoms with Crippen LogP contribution < -0.4 is 5.32 Å². The lowest BCUT2D eigenvalue weighted by molar-refractivity contribution is -0.115. The number of pyridine rings is 1. The van der Waals surface area contributed by atoms with Crippen LogP contribution in [0.25, 0.3) is 11.4 Å². The Morgan fingerprint density at radius 3 is 2.39 bits per heavy atom. The molecule has 2 heterocycles. The molecule has 3 rings (SSSR count). The Labute approximate surface area is 169 Å². The van der Waals surface area contributed by atoms with Gasteiger partial charge in [-0.3, -0.25) is 9.78 Å². The number of hydrogen-bond acceptors (Lipinski definition) is 5. The Hall–Kier alpha value is -2.67. The molecule has 3 aromatic rings. The lowest BCUT2D eigenvalue weighted by Crippen LogP contribution is -2.24. The van der Waals surface area contributed by atoms with E-state index in [2.05, 4.69) is 39.6 Å². The predicted molar refractivity (Wildman–Crippen MR) is 114 cm³/mol. The second-order valence-corrected chi connectivity index (χ2v) is 8.12. The molecule has 1 aromatic carbocycles. The minimum absolute atomic E-state index is 0.0452. The first-order valence-electron chi connectivity index (χ1n) is 9.29. The summed E-state index contributed by atoms with van der Waals surface area (Å²) in [6.07, 6.45) is 3.47. The van der Waals surface area contributed by atoms with Crippen molar-refractivity contribution in [2.75, 3.05) is 5.32 Å². The highest BCUT2D eigenvalue weighted by Crippen LogP contribution is 2.28. The number of thioether (sulfide) groups is 1. The standard InChI is InChI=1S/C21H25N5OS/c1-6-26-19(17-7-9-22-10-8-17)24-25-21(26)28-16(5)20(27)23-18-14(3)11-13(2)12-15(18)4/h7-12,16H,6H2,1-5H3,(H,23,27)/t16-/m1/s1. The van der Waals surface area contributed by atoms with Gasteiger partial charge in [0.25, 0.3) is 0 Å². The van der Waals surface area contributed by atoms with Gasteiger partial charge in [-0.15, -0.1) is 10.2 Å². The van der Waals surface area contributed by atoms with Crippen LogP contribution in [0.2, 0.25) is 0 Å². The largest absolute Gasteiger partial charge is 0.325 e. The maximum atomic E-state index is 12.8. The average molecular weight is 396 g/mol. The second kappa shape index (κ2) is 8.56. The van der Waals surface area contributed by atoms with Crippen LogP contribution in [0.3, 0.4) is 0 Å². The maximum Gasteiger partial charge on any atom is 0.237 e. The monoisotopic (exact) mass is 395 g/mol. The number of anilines is 1. The lowest BCUT2D eigenvalue weighted by atomic mass is 10.1. The molecular formula is C21H25N5OS. The number of hydrogen-bond donors (Lipinski definition) is 1. The molecule has 0 unspecified atom stereocenters. The molecule has 1 atom stereocenters. The van der Waals surface area contributed by atoms with Gasteiger partial charge in [0.05, 0.1) is 5.25 Å². The number of benzene rings is 1. The van der Waals surface area contributed by atoms with Crippen molar-refractivity contribution in [2.24, 2.45) is 0 Å². The van der Waals surface area contributed by atoms with E-state index in [0.29, 0.717) is 0 Å². The number of rotatable bonds is 6. The van der Waals surface area contributed by atoms with Crippen molar-refractivity contribution in [3.05, 3.63) is 53.3 Å². The van der Waals surface area contributed by atoms with E-state index in [1.165, 1.54) is 17.3 Å². The number of amides is 1. The van der Waals surface area contributed by atoms with Gasteiger partial charge in [0, 0.05) is 30.2 Å². The number of aromatic nitrogens is 4. The van der Waals surface area contributed by atoms with Crippen molar-refractivity contribution in [2.45, 2.75) is 51.6 Å². The van der Waals surface area contributed by atoms with E-state index in [9.17, 15) is 4.79 Å². The van der Waals surface area contributed by atoms with Crippen LogP contribution in [-0.2, 0) is 11.3 Å². The smallest absolute Gasteiger partial charge is 0.237 e. The topological polar surface area (TPSA) is 72.7 Å². The molecular weight excluding hydrogens is 370 g/mol. The first kappa shape index (κ1) is 20.1. The van der Waals surface area contributed by atoms with Crippen LogP contribution in [0.1, 0.15) is 30.5 Å². The Morgan fingerprint density at radius 1 is 1.14 bits per heavy atom. The fraction of sp³-hybridized carbons (Fsp3) is 0.333. The first-order chi connectivity index (χ1) is 13.4. The van der Waals surface area contributed by atoms with Crippen molar-refractivity contribution in [1.82, 2.24) is 19.7 Å². The first-order valence-corrected chi connectivity index (χ1v) is 10.2. The van der Waals surface area contributed by atoms with Gasteiger partial charge in [0.2, 0.25) is 5.91 Å². The van der Waals surface area contributed by atoms with Crippen molar-refractivity contribution >= 4 is 23.4 Å². The summed E-state index contributed by atoms with van der Waals surface area (Å²) >= 11 is 1.41. The van der Waals surface area contributed by atoms with Gasteiger partial charge in [-0.1, -0.05) is 29.5 Å². The highest BCUT2D eigenvalue weighted by atomic mass is 32.2. The van der Waals surface area contributed by atoms with Gasteiger partial charge in [-0.2, -0.15) is 0 Å². The summed E-state index contributed by atoms with van der Waals surface area (Å²) in [5.74, 6) is 0.737. The van der Waals surface area contributed by atoms with Crippen LogP contribution in [-0.4, -0.2) is 30.9 Å². The number of nitrogens with one attached hydrogen (secondary N) is 1. The molecule has 0 aliphatic rings.